The summed E-state index contributed by atoms with van der Waals surface area (Å²) in [6.45, 7) is 3.42. The molecular weight excluding hydrogens is 271 g/mol. The standard InChI is InChI=1S/C16H27FN2O2/c1-12(20)8-10-19(3)11-9-14(18-2)16-13(17)6-5-7-15(16)21-4/h5-7,12,14,18,20H,8-11H2,1-4H3. The minimum absolute atomic E-state index is 0.102. The highest BCUT2D eigenvalue weighted by Gasteiger charge is 2.19. The zero-order chi connectivity index (χ0) is 15.8. The first-order valence-corrected chi connectivity index (χ1v) is 7.35. The van der Waals surface area contributed by atoms with Crippen LogP contribution in [0.3, 0.4) is 0 Å². The largest absolute Gasteiger partial charge is 0.496 e. The van der Waals surface area contributed by atoms with Crippen molar-refractivity contribution in [3.05, 3.63) is 29.6 Å². The van der Waals surface area contributed by atoms with Gasteiger partial charge in [-0.15, -0.1) is 0 Å². The highest BCUT2D eigenvalue weighted by molar-refractivity contribution is 5.37. The Morgan fingerprint density at radius 1 is 1.33 bits per heavy atom. The minimum Gasteiger partial charge on any atom is -0.496 e. The second kappa shape index (κ2) is 8.97. The van der Waals surface area contributed by atoms with Crippen LogP contribution in [0.2, 0.25) is 0 Å². The van der Waals surface area contributed by atoms with E-state index in [0.717, 1.165) is 25.9 Å². The molecule has 1 aromatic carbocycles. The molecule has 0 heterocycles. The fourth-order valence-corrected chi connectivity index (χ4v) is 2.33. The van der Waals surface area contributed by atoms with Gasteiger partial charge < -0.3 is 20.1 Å². The van der Waals surface area contributed by atoms with Crippen LogP contribution in [0.1, 0.15) is 31.4 Å². The van der Waals surface area contributed by atoms with Crippen molar-refractivity contribution < 1.29 is 14.2 Å². The first-order valence-electron chi connectivity index (χ1n) is 7.35. The molecule has 2 unspecified atom stereocenters. The van der Waals surface area contributed by atoms with E-state index >= 15 is 0 Å². The zero-order valence-electron chi connectivity index (χ0n) is 13.4. The number of halogens is 1. The molecule has 2 atom stereocenters. The monoisotopic (exact) mass is 298 g/mol. The molecule has 4 nitrogen and oxygen atoms in total. The number of nitrogens with zero attached hydrogens (tertiary/aromatic N) is 1. The Balaban J connectivity index is 2.67. The van der Waals surface area contributed by atoms with Crippen molar-refractivity contribution in [3.63, 3.8) is 0 Å². The Morgan fingerprint density at radius 3 is 2.57 bits per heavy atom. The van der Waals surface area contributed by atoms with Crippen LogP contribution in [-0.4, -0.2) is 50.4 Å². The molecule has 0 bridgehead atoms. The summed E-state index contributed by atoms with van der Waals surface area (Å²) in [6, 6.07) is 4.79. The van der Waals surface area contributed by atoms with Crippen LogP contribution in [-0.2, 0) is 0 Å². The summed E-state index contributed by atoms with van der Waals surface area (Å²) >= 11 is 0. The van der Waals surface area contributed by atoms with Crippen molar-refractivity contribution in [1.82, 2.24) is 10.2 Å². The number of nitrogens with one attached hydrogen (secondary N) is 1. The Hall–Kier alpha value is -1.17. The molecule has 0 saturated carbocycles. The number of rotatable bonds is 9. The maximum atomic E-state index is 14.1. The fraction of sp³-hybridized carbons (Fsp3) is 0.625. The van der Waals surface area contributed by atoms with Gasteiger partial charge in [-0.2, -0.15) is 0 Å². The smallest absolute Gasteiger partial charge is 0.131 e. The maximum Gasteiger partial charge on any atom is 0.131 e. The lowest BCUT2D eigenvalue weighted by Crippen LogP contribution is -2.28. The van der Waals surface area contributed by atoms with Gasteiger partial charge in [0.05, 0.1) is 13.2 Å². The number of benzene rings is 1. The van der Waals surface area contributed by atoms with Crippen molar-refractivity contribution in [1.29, 1.82) is 0 Å². The third-order valence-corrected chi connectivity index (χ3v) is 3.66. The fourth-order valence-electron chi connectivity index (χ4n) is 2.33. The summed E-state index contributed by atoms with van der Waals surface area (Å²) < 4.78 is 19.4. The summed E-state index contributed by atoms with van der Waals surface area (Å²) in [6.07, 6.45) is 1.22. The molecule has 0 spiro atoms. The summed E-state index contributed by atoms with van der Waals surface area (Å²) in [7, 11) is 5.39. The molecule has 0 aromatic heterocycles. The molecule has 2 N–H and O–H groups in total. The Kier molecular flexibility index (Phi) is 7.64. The van der Waals surface area contributed by atoms with Gasteiger partial charge in [-0.1, -0.05) is 6.07 Å². The number of aliphatic hydroxyl groups excluding tert-OH is 1. The predicted molar refractivity (Wildman–Crippen MR) is 83.2 cm³/mol. The molecule has 0 aliphatic rings. The molecule has 1 aromatic rings. The molecule has 0 amide bonds. The van der Waals surface area contributed by atoms with Gasteiger partial charge in [0.2, 0.25) is 0 Å². The summed E-state index contributed by atoms with van der Waals surface area (Å²) in [5.41, 5.74) is 0.575. The number of methoxy groups -OCH3 is 1. The van der Waals surface area contributed by atoms with Crippen LogP contribution in [0.5, 0.6) is 5.75 Å². The van der Waals surface area contributed by atoms with Crippen molar-refractivity contribution in [3.8, 4) is 5.75 Å². The van der Waals surface area contributed by atoms with E-state index in [9.17, 15) is 9.50 Å². The van der Waals surface area contributed by atoms with E-state index in [4.69, 9.17) is 4.74 Å². The molecule has 0 fully saturated rings. The second-order valence-electron chi connectivity index (χ2n) is 5.43. The average molecular weight is 298 g/mol. The van der Waals surface area contributed by atoms with E-state index in [1.54, 1.807) is 26.2 Å². The van der Waals surface area contributed by atoms with Crippen molar-refractivity contribution >= 4 is 0 Å². The molecule has 0 aliphatic heterocycles. The zero-order valence-corrected chi connectivity index (χ0v) is 13.4. The van der Waals surface area contributed by atoms with Crippen LogP contribution < -0.4 is 10.1 Å². The Bertz CT molecular complexity index is 427. The molecule has 5 heteroatoms. The van der Waals surface area contributed by atoms with E-state index in [1.165, 1.54) is 6.07 Å². The molecule has 0 aliphatic carbocycles. The number of ether oxygens (including phenoxy) is 1. The number of hydrogen-bond acceptors (Lipinski definition) is 4. The predicted octanol–water partition coefficient (Wildman–Crippen LogP) is 2.19. The highest BCUT2D eigenvalue weighted by Crippen LogP contribution is 2.29. The van der Waals surface area contributed by atoms with Crippen molar-refractivity contribution in [2.75, 3.05) is 34.3 Å². The Labute approximate surface area is 126 Å². The third-order valence-electron chi connectivity index (χ3n) is 3.66. The van der Waals surface area contributed by atoms with Crippen LogP contribution in [0.25, 0.3) is 0 Å². The van der Waals surface area contributed by atoms with Crippen LogP contribution >= 0.6 is 0 Å². The summed E-state index contributed by atoms with van der Waals surface area (Å²) in [4.78, 5) is 2.14. The normalized spacial score (nSPS) is 14.2. The van der Waals surface area contributed by atoms with Gasteiger partial charge in [0.15, 0.2) is 0 Å². The lowest BCUT2D eigenvalue weighted by atomic mass is 10.0. The molecule has 21 heavy (non-hydrogen) atoms. The highest BCUT2D eigenvalue weighted by atomic mass is 19.1. The van der Waals surface area contributed by atoms with Gasteiger partial charge in [-0.25, -0.2) is 4.39 Å². The van der Waals surface area contributed by atoms with Gasteiger partial charge in [0.25, 0.3) is 0 Å². The van der Waals surface area contributed by atoms with E-state index < -0.39 is 0 Å². The lowest BCUT2D eigenvalue weighted by Gasteiger charge is -2.23. The lowest BCUT2D eigenvalue weighted by molar-refractivity contribution is 0.163. The molecule has 0 radical (unpaired) electrons. The van der Waals surface area contributed by atoms with Crippen LogP contribution in [0.15, 0.2) is 18.2 Å². The van der Waals surface area contributed by atoms with Gasteiger partial charge in [0, 0.05) is 18.2 Å². The number of aliphatic hydroxyl groups is 1. The van der Waals surface area contributed by atoms with Gasteiger partial charge in [0.1, 0.15) is 11.6 Å². The third kappa shape index (κ3) is 5.61. The van der Waals surface area contributed by atoms with Gasteiger partial charge >= 0.3 is 0 Å². The molecule has 0 saturated heterocycles. The first kappa shape index (κ1) is 17.9. The quantitative estimate of drug-likeness (QED) is 0.733. The minimum atomic E-state index is -0.292. The molecule has 1 rings (SSSR count). The van der Waals surface area contributed by atoms with E-state index in [-0.39, 0.29) is 18.0 Å². The average Bonchev–Trinajstić information content (AvgIpc) is 2.46. The van der Waals surface area contributed by atoms with Crippen LogP contribution in [0.4, 0.5) is 4.39 Å². The second-order valence-corrected chi connectivity index (χ2v) is 5.43. The number of hydrogen-bond donors (Lipinski definition) is 2. The van der Waals surface area contributed by atoms with E-state index in [2.05, 4.69) is 10.2 Å². The summed E-state index contributed by atoms with van der Waals surface area (Å²) in [5.74, 6) is 0.321. The molecular formula is C16H27FN2O2. The van der Waals surface area contributed by atoms with E-state index in [0.29, 0.717) is 11.3 Å². The SMILES string of the molecule is CNC(CCN(C)CCC(C)O)c1c(F)cccc1OC. The topological polar surface area (TPSA) is 44.7 Å². The maximum absolute atomic E-state index is 14.1. The van der Waals surface area contributed by atoms with Crippen molar-refractivity contribution in [2.45, 2.75) is 31.9 Å². The van der Waals surface area contributed by atoms with Gasteiger partial charge in [-0.05, 0) is 52.5 Å². The van der Waals surface area contributed by atoms with Crippen molar-refractivity contribution in [2.24, 2.45) is 0 Å². The van der Waals surface area contributed by atoms with Gasteiger partial charge in [-0.3, -0.25) is 0 Å². The first-order chi connectivity index (χ1) is 9.99. The summed E-state index contributed by atoms with van der Waals surface area (Å²) in [5, 5.41) is 12.5. The molecule has 120 valence electrons. The Morgan fingerprint density at radius 2 is 2.00 bits per heavy atom. The van der Waals surface area contributed by atoms with E-state index in [1.807, 2.05) is 14.1 Å². The van der Waals surface area contributed by atoms with Crippen LogP contribution in [0, 0.1) is 5.82 Å².